The molecule has 106 valence electrons. The second-order valence-electron chi connectivity index (χ2n) is 4.94. The Labute approximate surface area is 123 Å². The molecule has 0 saturated heterocycles. The first kappa shape index (κ1) is 14.5. The van der Waals surface area contributed by atoms with Crippen molar-refractivity contribution in [1.29, 1.82) is 5.26 Å². The zero-order valence-electron chi connectivity index (χ0n) is 12.1. The Kier molecular flexibility index (Phi) is 3.90. The molecule has 1 aliphatic heterocycles. The van der Waals surface area contributed by atoms with Gasteiger partial charge in [0.1, 0.15) is 11.6 Å². The first-order valence-corrected chi connectivity index (χ1v) is 6.40. The fourth-order valence-corrected chi connectivity index (χ4v) is 2.05. The van der Waals surface area contributed by atoms with Crippen molar-refractivity contribution in [2.45, 2.75) is 6.92 Å². The molecule has 5 nitrogen and oxygen atoms in total. The van der Waals surface area contributed by atoms with Crippen LogP contribution in [0.4, 0.5) is 5.69 Å². The summed E-state index contributed by atoms with van der Waals surface area (Å²) >= 11 is 0. The van der Waals surface area contributed by atoms with E-state index in [0.29, 0.717) is 11.1 Å². The molecule has 2 rings (SSSR count). The van der Waals surface area contributed by atoms with Crippen LogP contribution < -0.4 is 10.2 Å². The third-order valence-corrected chi connectivity index (χ3v) is 3.31. The number of hydrogen-bond donors (Lipinski definition) is 1. The molecular formula is C16H15N3O2. The second-order valence-corrected chi connectivity index (χ2v) is 4.94. The highest BCUT2D eigenvalue weighted by atomic mass is 16.2. The fraction of sp³-hybridized carbons (Fsp3) is 0.188. The second kappa shape index (κ2) is 5.63. The summed E-state index contributed by atoms with van der Waals surface area (Å²) in [6.07, 6.45) is 1.67. The normalized spacial score (nSPS) is 16.8. The van der Waals surface area contributed by atoms with Crippen molar-refractivity contribution in [3.05, 3.63) is 46.5 Å². The van der Waals surface area contributed by atoms with Crippen molar-refractivity contribution in [3.8, 4) is 6.07 Å². The largest absolute Gasteiger partial charge is 0.378 e. The van der Waals surface area contributed by atoms with Crippen LogP contribution in [0.2, 0.25) is 0 Å². The maximum atomic E-state index is 11.9. The molecule has 0 spiro atoms. The number of nitrogens with one attached hydrogen (secondary N) is 1. The SMILES string of the molecule is CC1=C(C#N)C(=O)NC(=O)/C1=C\c1ccc(N(C)C)cc1. The van der Waals surface area contributed by atoms with Crippen LogP contribution in [0.5, 0.6) is 0 Å². The molecule has 0 aromatic heterocycles. The van der Waals surface area contributed by atoms with Gasteiger partial charge in [0.25, 0.3) is 11.8 Å². The van der Waals surface area contributed by atoms with Crippen LogP contribution in [0.3, 0.4) is 0 Å². The van der Waals surface area contributed by atoms with Gasteiger partial charge in [-0.25, -0.2) is 0 Å². The molecular weight excluding hydrogens is 266 g/mol. The lowest BCUT2D eigenvalue weighted by Crippen LogP contribution is -2.37. The van der Waals surface area contributed by atoms with Gasteiger partial charge in [0, 0.05) is 25.4 Å². The number of carbonyl (C=O) groups excluding carboxylic acids is 2. The van der Waals surface area contributed by atoms with Gasteiger partial charge in [-0.1, -0.05) is 12.1 Å². The van der Waals surface area contributed by atoms with Gasteiger partial charge in [-0.2, -0.15) is 5.26 Å². The lowest BCUT2D eigenvalue weighted by atomic mass is 9.95. The summed E-state index contributed by atoms with van der Waals surface area (Å²) in [5, 5.41) is 11.2. The van der Waals surface area contributed by atoms with E-state index in [4.69, 9.17) is 5.26 Å². The molecule has 0 bridgehead atoms. The van der Waals surface area contributed by atoms with Gasteiger partial charge < -0.3 is 4.90 Å². The number of benzene rings is 1. The smallest absolute Gasteiger partial charge is 0.269 e. The highest BCUT2D eigenvalue weighted by Crippen LogP contribution is 2.23. The number of nitriles is 1. The predicted octanol–water partition coefficient (Wildman–Crippen LogP) is 1.63. The Hall–Kier alpha value is -2.87. The van der Waals surface area contributed by atoms with E-state index >= 15 is 0 Å². The van der Waals surface area contributed by atoms with Gasteiger partial charge in [0.15, 0.2) is 0 Å². The van der Waals surface area contributed by atoms with Gasteiger partial charge in [-0.15, -0.1) is 0 Å². The minimum atomic E-state index is -0.639. The van der Waals surface area contributed by atoms with Crippen LogP contribution in [0, 0.1) is 11.3 Å². The van der Waals surface area contributed by atoms with E-state index in [1.165, 1.54) is 0 Å². The maximum Gasteiger partial charge on any atom is 0.269 e. The number of imide groups is 1. The van der Waals surface area contributed by atoms with E-state index in [-0.39, 0.29) is 5.57 Å². The summed E-state index contributed by atoms with van der Waals surface area (Å²) in [5.41, 5.74) is 2.60. The molecule has 1 aromatic rings. The molecule has 21 heavy (non-hydrogen) atoms. The number of amides is 2. The fourth-order valence-electron chi connectivity index (χ4n) is 2.05. The van der Waals surface area contributed by atoms with E-state index in [1.54, 1.807) is 13.0 Å². The molecule has 0 fully saturated rings. The lowest BCUT2D eigenvalue weighted by molar-refractivity contribution is -0.126. The Morgan fingerprint density at radius 3 is 2.29 bits per heavy atom. The molecule has 5 heteroatoms. The Balaban J connectivity index is 2.44. The lowest BCUT2D eigenvalue weighted by Gasteiger charge is -2.16. The zero-order chi connectivity index (χ0) is 15.6. The van der Waals surface area contributed by atoms with Crippen LogP contribution in [0.1, 0.15) is 12.5 Å². The van der Waals surface area contributed by atoms with E-state index in [1.807, 2.05) is 49.3 Å². The standard InChI is InChI=1S/C16H15N3O2/c1-10-13(15(20)18-16(21)14(10)9-17)8-11-4-6-12(7-5-11)19(2)3/h4-8H,1-3H3,(H,18,20,21)/b13-8-. The highest BCUT2D eigenvalue weighted by molar-refractivity contribution is 6.19. The summed E-state index contributed by atoms with van der Waals surface area (Å²) in [5.74, 6) is -1.12. The first-order valence-electron chi connectivity index (χ1n) is 6.40. The molecule has 2 amide bonds. The quantitative estimate of drug-likeness (QED) is 0.660. The van der Waals surface area contributed by atoms with Gasteiger partial charge >= 0.3 is 0 Å². The molecule has 0 aliphatic carbocycles. The molecule has 1 N–H and O–H groups in total. The summed E-state index contributed by atoms with van der Waals surface area (Å²) in [6, 6.07) is 9.46. The number of carbonyl (C=O) groups is 2. The number of hydrogen-bond acceptors (Lipinski definition) is 4. The molecule has 1 aromatic carbocycles. The van der Waals surface area contributed by atoms with Gasteiger partial charge in [-0.05, 0) is 36.3 Å². The third kappa shape index (κ3) is 2.84. The van der Waals surface area contributed by atoms with E-state index in [0.717, 1.165) is 11.3 Å². The molecule has 0 saturated carbocycles. The number of rotatable bonds is 2. The molecule has 0 atom stereocenters. The Morgan fingerprint density at radius 1 is 1.14 bits per heavy atom. The molecule has 1 aliphatic rings. The first-order chi connectivity index (χ1) is 9.93. The number of nitrogens with zero attached hydrogens (tertiary/aromatic N) is 2. The van der Waals surface area contributed by atoms with Crippen molar-refractivity contribution in [1.82, 2.24) is 5.32 Å². The minimum Gasteiger partial charge on any atom is -0.378 e. The van der Waals surface area contributed by atoms with Crippen LogP contribution in [0.25, 0.3) is 6.08 Å². The summed E-state index contributed by atoms with van der Waals surface area (Å²) in [6.45, 7) is 1.61. The van der Waals surface area contributed by atoms with Crippen LogP contribution >= 0.6 is 0 Å². The Bertz CT molecular complexity index is 704. The summed E-state index contributed by atoms with van der Waals surface area (Å²) in [7, 11) is 3.89. The van der Waals surface area contributed by atoms with E-state index in [9.17, 15) is 9.59 Å². The monoisotopic (exact) mass is 281 g/mol. The molecule has 0 unspecified atom stereocenters. The number of anilines is 1. The average molecular weight is 281 g/mol. The van der Waals surface area contributed by atoms with Crippen LogP contribution in [-0.2, 0) is 9.59 Å². The predicted molar refractivity (Wildman–Crippen MR) is 80.2 cm³/mol. The van der Waals surface area contributed by atoms with Crippen molar-refractivity contribution < 1.29 is 9.59 Å². The van der Waals surface area contributed by atoms with Crippen molar-refractivity contribution >= 4 is 23.6 Å². The Morgan fingerprint density at radius 2 is 1.76 bits per heavy atom. The molecule has 0 radical (unpaired) electrons. The minimum absolute atomic E-state index is 0.0224. The summed E-state index contributed by atoms with van der Waals surface area (Å²) < 4.78 is 0. The van der Waals surface area contributed by atoms with E-state index in [2.05, 4.69) is 5.32 Å². The maximum absolute atomic E-state index is 11.9. The zero-order valence-corrected chi connectivity index (χ0v) is 12.1. The summed E-state index contributed by atoms with van der Waals surface area (Å²) in [4.78, 5) is 25.4. The van der Waals surface area contributed by atoms with Gasteiger partial charge in [-0.3, -0.25) is 14.9 Å². The van der Waals surface area contributed by atoms with Crippen molar-refractivity contribution in [3.63, 3.8) is 0 Å². The average Bonchev–Trinajstić information content (AvgIpc) is 2.44. The van der Waals surface area contributed by atoms with Crippen molar-refractivity contribution in [2.24, 2.45) is 0 Å². The van der Waals surface area contributed by atoms with Crippen LogP contribution in [-0.4, -0.2) is 25.9 Å². The third-order valence-electron chi connectivity index (χ3n) is 3.31. The van der Waals surface area contributed by atoms with Crippen LogP contribution in [0.15, 0.2) is 41.0 Å². The van der Waals surface area contributed by atoms with Gasteiger partial charge in [0.2, 0.25) is 0 Å². The topological polar surface area (TPSA) is 73.2 Å². The highest BCUT2D eigenvalue weighted by Gasteiger charge is 2.27. The molecule has 1 heterocycles. The van der Waals surface area contributed by atoms with Crippen molar-refractivity contribution in [2.75, 3.05) is 19.0 Å². The van der Waals surface area contributed by atoms with Gasteiger partial charge in [0.05, 0.1) is 0 Å². The van der Waals surface area contributed by atoms with E-state index < -0.39 is 11.8 Å².